The molecule has 2 nitrogen and oxygen atoms in total. The number of benzene rings is 1. The Balaban J connectivity index is 2.19. The number of halogens is 1. The summed E-state index contributed by atoms with van der Waals surface area (Å²) in [6, 6.07) is 4.68. The molecule has 0 bridgehead atoms. The molecular formula is C12H16FNOS. The second-order valence-electron chi connectivity index (χ2n) is 3.96. The number of methoxy groups -OCH3 is 1. The van der Waals surface area contributed by atoms with Crippen LogP contribution in [0.4, 0.5) is 4.39 Å². The number of ether oxygens (including phenoxy) is 1. The van der Waals surface area contributed by atoms with E-state index in [4.69, 9.17) is 10.5 Å². The van der Waals surface area contributed by atoms with Crippen LogP contribution in [0.25, 0.3) is 0 Å². The summed E-state index contributed by atoms with van der Waals surface area (Å²) < 4.78 is 18.7. The van der Waals surface area contributed by atoms with Gasteiger partial charge in [0.15, 0.2) is 0 Å². The first-order valence-electron chi connectivity index (χ1n) is 5.43. The highest BCUT2D eigenvalue weighted by Gasteiger charge is 2.25. The lowest BCUT2D eigenvalue weighted by molar-refractivity contribution is 0.410. The minimum atomic E-state index is -0.264. The average molecular weight is 241 g/mol. The van der Waals surface area contributed by atoms with Gasteiger partial charge in [0.1, 0.15) is 11.6 Å². The van der Waals surface area contributed by atoms with E-state index in [1.54, 1.807) is 12.1 Å². The molecule has 1 saturated heterocycles. The Bertz CT molecular complexity index is 366. The van der Waals surface area contributed by atoms with E-state index in [0.717, 1.165) is 12.2 Å². The summed E-state index contributed by atoms with van der Waals surface area (Å²) in [5.74, 6) is 1.41. The molecule has 2 rings (SSSR count). The van der Waals surface area contributed by atoms with Crippen molar-refractivity contribution >= 4 is 11.8 Å². The number of hydrogen-bond donors (Lipinski definition) is 1. The van der Waals surface area contributed by atoms with E-state index in [1.165, 1.54) is 19.6 Å². The van der Waals surface area contributed by atoms with Crippen molar-refractivity contribution in [3.8, 4) is 5.75 Å². The van der Waals surface area contributed by atoms with Gasteiger partial charge in [-0.1, -0.05) is 6.07 Å². The Morgan fingerprint density at radius 2 is 2.38 bits per heavy atom. The maximum absolute atomic E-state index is 13.8. The summed E-state index contributed by atoms with van der Waals surface area (Å²) in [6.45, 7) is 0. The SMILES string of the molecule is COc1ccc(C(N)C2CCCS2)c(F)c1. The Labute approximate surface area is 99.4 Å². The molecule has 2 atom stereocenters. The highest BCUT2D eigenvalue weighted by atomic mass is 32.2. The molecule has 1 fully saturated rings. The largest absolute Gasteiger partial charge is 0.497 e. The summed E-state index contributed by atoms with van der Waals surface area (Å²) >= 11 is 1.84. The zero-order valence-electron chi connectivity index (χ0n) is 9.28. The van der Waals surface area contributed by atoms with Gasteiger partial charge in [-0.2, -0.15) is 11.8 Å². The van der Waals surface area contributed by atoms with Crippen LogP contribution in [0.2, 0.25) is 0 Å². The van der Waals surface area contributed by atoms with E-state index < -0.39 is 0 Å². The monoisotopic (exact) mass is 241 g/mol. The molecule has 0 saturated carbocycles. The van der Waals surface area contributed by atoms with Crippen molar-refractivity contribution < 1.29 is 9.13 Å². The minimum Gasteiger partial charge on any atom is -0.497 e. The zero-order valence-corrected chi connectivity index (χ0v) is 10.1. The fourth-order valence-corrected chi connectivity index (χ4v) is 3.31. The summed E-state index contributed by atoms with van der Waals surface area (Å²) in [6.07, 6.45) is 2.26. The van der Waals surface area contributed by atoms with Gasteiger partial charge >= 0.3 is 0 Å². The molecule has 1 aliphatic rings. The van der Waals surface area contributed by atoms with Crippen LogP contribution in [-0.2, 0) is 0 Å². The second-order valence-corrected chi connectivity index (χ2v) is 5.31. The van der Waals surface area contributed by atoms with Crippen LogP contribution in [0.15, 0.2) is 18.2 Å². The van der Waals surface area contributed by atoms with Crippen LogP contribution in [-0.4, -0.2) is 18.1 Å². The van der Waals surface area contributed by atoms with Gasteiger partial charge < -0.3 is 10.5 Å². The molecule has 1 aromatic carbocycles. The Kier molecular flexibility index (Phi) is 3.71. The van der Waals surface area contributed by atoms with Crippen LogP contribution in [0.1, 0.15) is 24.4 Å². The molecule has 0 radical (unpaired) electrons. The highest BCUT2D eigenvalue weighted by molar-refractivity contribution is 8.00. The average Bonchev–Trinajstić information content (AvgIpc) is 2.81. The van der Waals surface area contributed by atoms with Crippen LogP contribution < -0.4 is 10.5 Å². The molecule has 0 spiro atoms. The topological polar surface area (TPSA) is 35.2 Å². The lowest BCUT2D eigenvalue weighted by atomic mass is 10.0. The highest BCUT2D eigenvalue weighted by Crippen LogP contribution is 2.35. The van der Waals surface area contributed by atoms with Gasteiger partial charge in [0.05, 0.1) is 7.11 Å². The third-order valence-corrected chi connectivity index (χ3v) is 4.41. The van der Waals surface area contributed by atoms with E-state index in [1.807, 2.05) is 11.8 Å². The van der Waals surface area contributed by atoms with Gasteiger partial charge in [0.25, 0.3) is 0 Å². The van der Waals surface area contributed by atoms with Crippen LogP contribution in [0.3, 0.4) is 0 Å². The third kappa shape index (κ3) is 2.33. The lowest BCUT2D eigenvalue weighted by Gasteiger charge is -2.19. The standard InChI is InChI=1S/C12H16FNOS/c1-15-8-4-5-9(10(13)7-8)12(14)11-3-2-6-16-11/h4-5,7,11-12H,2-3,6,14H2,1H3. The number of hydrogen-bond acceptors (Lipinski definition) is 3. The molecule has 16 heavy (non-hydrogen) atoms. The predicted molar refractivity (Wildman–Crippen MR) is 65.4 cm³/mol. The normalized spacial score (nSPS) is 22.1. The molecule has 88 valence electrons. The molecule has 0 aromatic heterocycles. The van der Waals surface area contributed by atoms with Crippen LogP contribution in [0, 0.1) is 5.82 Å². The Morgan fingerprint density at radius 3 is 2.94 bits per heavy atom. The molecule has 2 unspecified atom stereocenters. The molecule has 0 aliphatic carbocycles. The zero-order chi connectivity index (χ0) is 11.5. The number of nitrogens with two attached hydrogens (primary N) is 1. The van der Waals surface area contributed by atoms with Gasteiger partial charge in [0.2, 0.25) is 0 Å². The van der Waals surface area contributed by atoms with Gasteiger partial charge in [-0.3, -0.25) is 0 Å². The summed E-state index contributed by atoms with van der Waals surface area (Å²) in [4.78, 5) is 0. The fraction of sp³-hybridized carbons (Fsp3) is 0.500. The van der Waals surface area contributed by atoms with Crippen LogP contribution in [0.5, 0.6) is 5.75 Å². The van der Waals surface area contributed by atoms with Crippen molar-refractivity contribution in [2.45, 2.75) is 24.1 Å². The molecule has 4 heteroatoms. The van der Waals surface area contributed by atoms with Crippen molar-refractivity contribution in [1.29, 1.82) is 0 Å². The fourth-order valence-electron chi connectivity index (χ4n) is 1.99. The molecule has 1 aliphatic heterocycles. The van der Waals surface area contributed by atoms with E-state index >= 15 is 0 Å². The molecule has 1 heterocycles. The second kappa shape index (κ2) is 5.06. The Hall–Kier alpha value is -0.740. The summed E-state index contributed by atoms with van der Waals surface area (Å²) in [5.41, 5.74) is 6.69. The van der Waals surface area contributed by atoms with Crippen molar-refractivity contribution in [3.05, 3.63) is 29.6 Å². The van der Waals surface area contributed by atoms with Gasteiger partial charge in [-0.25, -0.2) is 4.39 Å². The first kappa shape index (κ1) is 11.7. The van der Waals surface area contributed by atoms with E-state index in [-0.39, 0.29) is 11.9 Å². The first-order chi connectivity index (χ1) is 7.72. The van der Waals surface area contributed by atoms with Crippen LogP contribution >= 0.6 is 11.8 Å². The molecule has 0 amide bonds. The Morgan fingerprint density at radius 1 is 1.56 bits per heavy atom. The van der Waals surface area contributed by atoms with Crippen molar-refractivity contribution in [2.24, 2.45) is 5.73 Å². The lowest BCUT2D eigenvalue weighted by Crippen LogP contribution is -2.22. The maximum Gasteiger partial charge on any atom is 0.131 e. The predicted octanol–water partition coefficient (Wildman–Crippen LogP) is 2.73. The van der Waals surface area contributed by atoms with Crippen molar-refractivity contribution in [3.63, 3.8) is 0 Å². The smallest absolute Gasteiger partial charge is 0.131 e. The molecule has 1 aromatic rings. The van der Waals surface area contributed by atoms with Crippen molar-refractivity contribution in [1.82, 2.24) is 0 Å². The molecular weight excluding hydrogens is 225 g/mol. The number of thioether (sulfide) groups is 1. The molecule has 2 N–H and O–H groups in total. The van der Waals surface area contributed by atoms with Gasteiger partial charge in [-0.15, -0.1) is 0 Å². The van der Waals surface area contributed by atoms with E-state index in [2.05, 4.69) is 0 Å². The minimum absolute atomic E-state index is 0.210. The maximum atomic E-state index is 13.8. The first-order valence-corrected chi connectivity index (χ1v) is 6.48. The quantitative estimate of drug-likeness (QED) is 0.883. The number of rotatable bonds is 3. The summed E-state index contributed by atoms with van der Waals surface area (Å²) in [5, 5.41) is 0.350. The summed E-state index contributed by atoms with van der Waals surface area (Å²) in [7, 11) is 1.53. The van der Waals surface area contributed by atoms with Gasteiger partial charge in [0, 0.05) is 22.9 Å². The van der Waals surface area contributed by atoms with Crippen molar-refractivity contribution in [2.75, 3.05) is 12.9 Å². The third-order valence-electron chi connectivity index (χ3n) is 2.93. The van der Waals surface area contributed by atoms with E-state index in [9.17, 15) is 4.39 Å². The van der Waals surface area contributed by atoms with Gasteiger partial charge in [-0.05, 0) is 24.7 Å². The van der Waals surface area contributed by atoms with E-state index in [0.29, 0.717) is 16.6 Å².